The lowest BCUT2D eigenvalue weighted by atomic mass is 10.0. The van der Waals surface area contributed by atoms with E-state index in [9.17, 15) is 4.79 Å². The average molecular weight is 190 g/mol. The van der Waals surface area contributed by atoms with Gasteiger partial charge in [0.05, 0.1) is 0 Å². The zero-order valence-corrected chi connectivity index (χ0v) is 9.21. The second kappa shape index (κ2) is 4.94. The Labute approximate surface area is 86.1 Å². The summed E-state index contributed by atoms with van der Waals surface area (Å²) in [6, 6.07) is 8.18. The number of Topliss-reactive ketones (excluding diaryl/α,β-unsaturated/α-hetero) is 1. The Hall–Kier alpha value is -1.11. The molecule has 0 N–H and O–H groups in total. The van der Waals surface area contributed by atoms with Crippen molar-refractivity contribution < 1.29 is 4.79 Å². The molecule has 0 spiro atoms. The zero-order valence-electron chi connectivity index (χ0n) is 9.21. The van der Waals surface area contributed by atoms with E-state index in [0.717, 1.165) is 5.56 Å². The van der Waals surface area contributed by atoms with E-state index in [0.29, 0.717) is 24.5 Å². The van der Waals surface area contributed by atoms with Gasteiger partial charge in [-0.05, 0) is 18.4 Å². The van der Waals surface area contributed by atoms with Crippen LogP contribution in [0.2, 0.25) is 0 Å². The molecule has 0 saturated heterocycles. The number of aryl methyl sites for hydroxylation is 1. The molecule has 0 bridgehead atoms. The van der Waals surface area contributed by atoms with Crippen LogP contribution in [-0.2, 0) is 11.2 Å². The third kappa shape index (κ3) is 3.73. The zero-order chi connectivity index (χ0) is 10.6. The van der Waals surface area contributed by atoms with Gasteiger partial charge in [-0.2, -0.15) is 0 Å². The maximum absolute atomic E-state index is 11.5. The highest BCUT2D eigenvalue weighted by Gasteiger charge is 2.05. The van der Waals surface area contributed by atoms with Crippen molar-refractivity contribution in [2.75, 3.05) is 0 Å². The first-order chi connectivity index (χ1) is 6.58. The molecule has 14 heavy (non-hydrogen) atoms. The fourth-order valence-electron chi connectivity index (χ4n) is 1.46. The molecule has 1 aromatic carbocycles. The van der Waals surface area contributed by atoms with Crippen LogP contribution >= 0.6 is 0 Å². The minimum atomic E-state index is 0.337. The van der Waals surface area contributed by atoms with Crippen molar-refractivity contribution in [2.24, 2.45) is 5.92 Å². The largest absolute Gasteiger partial charge is 0.299 e. The van der Waals surface area contributed by atoms with Crippen LogP contribution in [0.1, 0.15) is 31.4 Å². The van der Waals surface area contributed by atoms with Gasteiger partial charge in [-0.15, -0.1) is 0 Å². The topological polar surface area (TPSA) is 17.1 Å². The van der Waals surface area contributed by atoms with Crippen LogP contribution in [0.5, 0.6) is 0 Å². The Morgan fingerprint density at radius 3 is 2.29 bits per heavy atom. The van der Waals surface area contributed by atoms with Crippen LogP contribution in [-0.4, -0.2) is 5.78 Å². The highest BCUT2D eigenvalue weighted by Crippen LogP contribution is 2.08. The highest BCUT2D eigenvalue weighted by molar-refractivity contribution is 5.80. The van der Waals surface area contributed by atoms with Gasteiger partial charge in [0, 0.05) is 12.8 Å². The highest BCUT2D eigenvalue weighted by atomic mass is 16.1. The summed E-state index contributed by atoms with van der Waals surface area (Å²) in [7, 11) is 0. The van der Waals surface area contributed by atoms with Crippen molar-refractivity contribution in [3.05, 3.63) is 35.4 Å². The summed E-state index contributed by atoms with van der Waals surface area (Å²) in [5, 5.41) is 0. The van der Waals surface area contributed by atoms with Gasteiger partial charge in [-0.3, -0.25) is 4.79 Å². The van der Waals surface area contributed by atoms with E-state index < -0.39 is 0 Å². The van der Waals surface area contributed by atoms with Crippen LogP contribution in [0, 0.1) is 12.8 Å². The van der Waals surface area contributed by atoms with Crippen LogP contribution in [0.3, 0.4) is 0 Å². The number of rotatable bonds is 4. The average Bonchev–Trinajstić information content (AvgIpc) is 2.07. The van der Waals surface area contributed by atoms with Gasteiger partial charge in [0.15, 0.2) is 0 Å². The van der Waals surface area contributed by atoms with Gasteiger partial charge in [-0.1, -0.05) is 43.7 Å². The van der Waals surface area contributed by atoms with Gasteiger partial charge in [0.1, 0.15) is 5.78 Å². The minimum absolute atomic E-state index is 0.337. The van der Waals surface area contributed by atoms with Gasteiger partial charge in [0.2, 0.25) is 0 Å². The van der Waals surface area contributed by atoms with Gasteiger partial charge in [0.25, 0.3) is 0 Å². The van der Waals surface area contributed by atoms with E-state index in [1.165, 1.54) is 5.56 Å². The Morgan fingerprint density at radius 1 is 1.21 bits per heavy atom. The lowest BCUT2D eigenvalue weighted by molar-refractivity contribution is -0.119. The van der Waals surface area contributed by atoms with Gasteiger partial charge >= 0.3 is 0 Å². The number of benzene rings is 1. The van der Waals surface area contributed by atoms with Crippen LogP contribution in [0.15, 0.2) is 24.3 Å². The molecule has 1 heteroatoms. The number of hydrogen-bond donors (Lipinski definition) is 0. The fourth-order valence-corrected chi connectivity index (χ4v) is 1.46. The standard InChI is InChI=1S/C13H18O/c1-10(2)8-13(14)9-12-6-4-11(3)5-7-12/h4-7,10H,8-9H2,1-3H3. The summed E-state index contributed by atoms with van der Waals surface area (Å²) < 4.78 is 0. The van der Waals surface area contributed by atoms with E-state index in [1.54, 1.807) is 0 Å². The quantitative estimate of drug-likeness (QED) is 0.712. The summed E-state index contributed by atoms with van der Waals surface area (Å²) in [4.78, 5) is 11.5. The van der Waals surface area contributed by atoms with Crippen molar-refractivity contribution >= 4 is 5.78 Å². The van der Waals surface area contributed by atoms with Crippen LogP contribution < -0.4 is 0 Å². The Morgan fingerprint density at radius 2 is 1.79 bits per heavy atom. The summed E-state index contributed by atoms with van der Waals surface area (Å²) in [6.07, 6.45) is 1.27. The van der Waals surface area contributed by atoms with Crippen molar-refractivity contribution in [1.29, 1.82) is 0 Å². The monoisotopic (exact) mass is 190 g/mol. The molecule has 1 nitrogen and oxygen atoms in total. The van der Waals surface area contributed by atoms with Crippen molar-refractivity contribution in [2.45, 2.75) is 33.6 Å². The first kappa shape index (κ1) is 11.0. The molecule has 0 unspecified atom stereocenters. The molecule has 0 radical (unpaired) electrons. The number of hydrogen-bond acceptors (Lipinski definition) is 1. The van der Waals surface area contributed by atoms with E-state index >= 15 is 0 Å². The Bertz CT molecular complexity index is 296. The van der Waals surface area contributed by atoms with E-state index in [-0.39, 0.29) is 0 Å². The minimum Gasteiger partial charge on any atom is -0.299 e. The summed E-state index contributed by atoms with van der Waals surface area (Å²) in [5.41, 5.74) is 2.37. The molecular formula is C13H18O. The molecule has 0 amide bonds. The molecule has 76 valence electrons. The van der Waals surface area contributed by atoms with Crippen molar-refractivity contribution in [1.82, 2.24) is 0 Å². The Balaban J connectivity index is 2.52. The van der Waals surface area contributed by atoms with Crippen LogP contribution in [0.4, 0.5) is 0 Å². The second-order valence-corrected chi connectivity index (χ2v) is 4.30. The third-order valence-corrected chi connectivity index (χ3v) is 2.16. The number of carbonyl (C=O) groups is 1. The SMILES string of the molecule is Cc1ccc(CC(=O)CC(C)C)cc1. The molecule has 0 aliphatic carbocycles. The molecule has 0 aliphatic heterocycles. The normalized spacial score (nSPS) is 10.6. The second-order valence-electron chi connectivity index (χ2n) is 4.30. The van der Waals surface area contributed by atoms with Gasteiger partial charge in [-0.25, -0.2) is 0 Å². The maximum Gasteiger partial charge on any atom is 0.137 e. The van der Waals surface area contributed by atoms with Gasteiger partial charge < -0.3 is 0 Å². The predicted octanol–water partition coefficient (Wildman–Crippen LogP) is 3.15. The van der Waals surface area contributed by atoms with Crippen LogP contribution in [0.25, 0.3) is 0 Å². The molecule has 0 aliphatic rings. The molecule has 0 saturated carbocycles. The molecule has 1 rings (SSSR count). The van der Waals surface area contributed by atoms with E-state index in [2.05, 4.69) is 32.9 Å². The molecule has 0 atom stereocenters. The maximum atomic E-state index is 11.5. The number of ketones is 1. The lowest BCUT2D eigenvalue weighted by Gasteiger charge is -2.04. The first-order valence-electron chi connectivity index (χ1n) is 5.15. The molecule has 0 heterocycles. The summed E-state index contributed by atoms with van der Waals surface area (Å²) in [5.74, 6) is 0.803. The molecule has 1 aromatic rings. The first-order valence-corrected chi connectivity index (χ1v) is 5.15. The molecule has 0 aromatic heterocycles. The summed E-state index contributed by atoms with van der Waals surface area (Å²) in [6.45, 7) is 6.21. The Kier molecular flexibility index (Phi) is 3.87. The van der Waals surface area contributed by atoms with Crippen molar-refractivity contribution in [3.63, 3.8) is 0 Å². The lowest BCUT2D eigenvalue weighted by Crippen LogP contribution is -2.06. The molecular weight excluding hydrogens is 172 g/mol. The predicted molar refractivity (Wildman–Crippen MR) is 59.3 cm³/mol. The van der Waals surface area contributed by atoms with E-state index in [4.69, 9.17) is 0 Å². The smallest absolute Gasteiger partial charge is 0.137 e. The third-order valence-electron chi connectivity index (χ3n) is 2.16. The molecule has 0 fully saturated rings. The number of carbonyl (C=O) groups excluding carboxylic acids is 1. The van der Waals surface area contributed by atoms with E-state index in [1.807, 2.05) is 12.1 Å². The van der Waals surface area contributed by atoms with Crippen molar-refractivity contribution in [3.8, 4) is 0 Å². The summed E-state index contributed by atoms with van der Waals surface area (Å²) >= 11 is 0. The fraction of sp³-hybridized carbons (Fsp3) is 0.462.